The van der Waals surface area contributed by atoms with Gasteiger partial charge in [0.15, 0.2) is 0 Å². The molecule has 30 nitrogen and oxygen atoms in total. The normalized spacial score (nSPS) is 20.7. The predicted molar refractivity (Wildman–Crippen MR) is 506 cm³/mol. The Labute approximate surface area is 756 Å². The van der Waals surface area contributed by atoms with E-state index in [4.69, 9.17) is 63.6 Å². The number of rotatable bonds is 15. The lowest BCUT2D eigenvalue weighted by Gasteiger charge is -2.30. The number of halogens is 2. The lowest BCUT2D eigenvalue weighted by atomic mass is 9.91. The minimum absolute atomic E-state index is 0.0133. The van der Waals surface area contributed by atoms with Crippen molar-refractivity contribution in [2.24, 2.45) is 11.5 Å². The van der Waals surface area contributed by atoms with Crippen molar-refractivity contribution in [1.29, 1.82) is 0 Å². The van der Waals surface area contributed by atoms with Crippen molar-refractivity contribution in [3.8, 4) is 5.75 Å². The quantitative estimate of drug-likeness (QED) is 0.0454. The Bertz CT molecular complexity index is 6190. The lowest BCUT2D eigenvalue weighted by Crippen LogP contribution is -2.44. The van der Waals surface area contributed by atoms with E-state index < -0.39 is 11.6 Å². The molecule has 0 radical (unpaired) electrons. The second-order valence-corrected chi connectivity index (χ2v) is 38.5. The van der Waals surface area contributed by atoms with Gasteiger partial charge in [-0.05, 0) is 189 Å². The second-order valence-electron chi connectivity index (χ2n) is 34.5. The van der Waals surface area contributed by atoms with E-state index in [0.717, 1.165) is 219 Å². The fraction of sp³-hybridized carbons (Fsp3) is 0.424. The molecule has 12 aromatic rings. The highest BCUT2D eigenvalue weighted by molar-refractivity contribution is 7.22. The van der Waals surface area contributed by atoms with Gasteiger partial charge in [-0.25, -0.2) is 43.7 Å². The average molecular weight is 1820 g/mol. The highest BCUT2D eigenvalue weighted by Crippen LogP contribution is 2.40. The summed E-state index contributed by atoms with van der Waals surface area (Å²) in [5.74, 6) is 2.27. The Morgan fingerprint density at radius 3 is 1.25 bits per heavy atom. The predicted octanol–water partition coefficient (Wildman–Crippen LogP) is 9.73. The summed E-state index contributed by atoms with van der Waals surface area (Å²) in [6, 6.07) is 29.2. The molecule has 8 atom stereocenters. The van der Waals surface area contributed by atoms with Crippen LogP contribution in [0.5, 0.6) is 5.75 Å². The molecule has 3 aliphatic carbocycles. The SMILES string of the molecule is CO[C@H]1CN(c2ccc3c(n2)CC[C@H](NC(=O)c2sc4nc(C)c(F)cc4c2N)C3)C[C@@H]1N.Cc1ccc2c(N)c(C(=O)N[C@H]3CCc4nc(N5CCNCC5)ccc4C3)sc2n1.Cc1ccc2c(N)c(C(=O)N[C@H]3COc4cc(N5C[C@H](OC(C)C)[C@@H](N)C5)ccc4C3)sc2n1.Cc1nc2sc(C(=O)N[C@H]3CCc4nc(N5CCNCC5)ccc4C3)c(N)c2cc1F. The van der Waals surface area contributed by atoms with Gasteiger partial charge in [-0.2, -0.15) is 0 Å². The molecule has 0 unspecified atom stereocenters. The second kappa shape index (κ2) is 38.2. The van der Waals surface area contributed by atoms with Gasteiger partial charge in [-0.15, -0.1) is 45.3 Å². The summed E-state index contributed by atoms with van der Waals surface area (Å²) in [7, 11) is 1.69. The van der Waals surface area contributed by atoms with E-state index >= 15 is 0 Å². The fourth-order valence-electron chi connectivity index (χ4n) is 17.9. The maximum atomic E-state index is 13.9. The van der Waals surface area contributed by atoms with Gasteiger partial charge in [0.25, 0.3) is 23.6 Å². The number of nitrogens with zero attached hydrogens (tertiary/aromatic N) is 11. The molecule has 4 fully saturated rings. The zero-order valence-corrected chi connectivity index (χ0v) is 76.0. The minimum Gasteiger partial charge on any atom is -0.491 e. The molecule has 16 heterocycles. The van der Waals surface area contributed by atoms with Crippen LogP contribution in [0.25, 0.3) is 40.9 Å². The number of anilines is 8. The van der Waals surface area contributed by atoms with Crippen LogP contribution in [0.3, 0.4) is 0 Å². The molecule has 0 saturated carbocycles. The molecule has 11 aromatic heterocycles. The van der Waals surface area contributed by atoms with E-state index in [-0.39, 0.29) is 83.9 Å². The number of amides is 4. The average Bonchev–Trinajstić information content (AvgIpc) is 1.56. The summed E-state index contributed by atoms with van der Waals surface area (Å²) in [5.41, 5.74) is 50.3. The number of nitrogens with two attached hydrogens (primary N) is 6. The standard InChI is InChI=1S/C25H31N5O3S.C23H27FN6O2S.C22H25FN6OS.C22H26N6OS/c1-13(2)33-21-11-30(10-19(21)26)17-6-5-15-8-16(12-32-20(15)9-17)29-24(31)23-22(27)18-7-4-14(3)28-25(18)34-23;1-11-15(24)8-14-20(26)21(33-23(14)27-11)22(31)28-13-4-5-17-12(7-13)3-6-19(29-17)30-9-16(25)18(10-30)32-2;1-12-16(23)11-15-19(24)20(31-22(15)26-12)21(30)27-14-3-4-17-13(10-14)2-5-18(28-17)29-8-6-25-7-9-29;1-13-2-5-16-19(23)20(30-22(16)25-13)21(29)26-15-4-6-17-14(12-15)3-7-18(27-17)28-10-8-24-9-11-28/h4-7,9,13,16,19,21H,8,10-12,26-27H2,1-3H3,(H,29,31);3,6,8,13,16,18H,4-5,7,9-10,25-26H2,1-2H3,(H,28,31);2,5,11,14,25H,3-4,6-10,24H2,1H3,(H,27,30);2-3,5,7,15,24H,4,6,8-12,23H2,1H3,(H,26,29)/t16-,19+,21+;13-,16-,18-;14-;15-/m1000/s1. The third-order valence-corrected chi connectivity index (χ3v) is 29.4. The summed E-state index contributed by atoms with van der Waals surface area (Å²) >= 11 is 5.10. The van der Waals surface area contributed by atoms with Gasteiger partial charge in [0.1, 0.15) is 80.3 Å². The summed E-state index contributed by atoms with van der Waals surface area (Å²) in [6.45, 7) is 22.4. The topological polar surface area (TPSA) is 427 Å². The molecule has 18 N–H and O–H groups in total. The number of pyridine rings is 7. The number of fused-ring (bicyclic) bond motifs is 8. The minimum atomic E-state index is -0.427. The molecule has 0 bridgehead atoms. The molecule has 0 spiro atoms. The maximum absolute atomic E-state index is 13.9. The van der Waals surface area contributed by atoms with E-state index in [1.165, 1.54) is 68.6 Å². The summed E-state index contributed by atoms with van der Waals surface area (Å²) in [5, 5.41) is 21.9. The Balaban J connectivity index is 0.000000120. The fourth-order valence-corrected chi connectivity index (χ4v) is 22.1. The summed E-state index contributed by atoms with van der Waals surface area (Å²) in [4.78, 5) is 97.5. The van der Waals surface area contributed by atoms with Gasteiger partial charge in [0, 0.05) is 166 Å². The Morgan fingerprint density at radius 2 is 0.828 bits per heavy atom. The Morgan fingerprint density at radius 1 is 0.453 bits per heavy atom. The van der Waals surface area contributed by atoms with Crippen molar-refractivity contribution in [2.75, 3.05) is 135 Å². The van der Waals surface area contributed by atoms with Crippen LogP contribution in [0.15, 0.2) is 91.0 Å². The molecular weight excluding hydrogens is 1710 g/mol. The molecule has 4 saturated heterocycles. The highest BCUT2D eigenvalue weighted by Gasteiger charge is 2.37. The molecule has 672 valence electrons. The van der Waals surface area contributed by atoms with E-state index in [2.05, 4.69) is 120 Å². The molecule has 1 aromatic carbocycles. The van der Waals surface area contributed by atoms with Crippen LogP contribution >= 0.6 is 45.3 Å². The zero-order valence-electron chi connectivity index (χ0n) is 72.7. The number of ether oxygens (including phenoxy) is 3. The zero-order chi connectivity index (χ0) is 89.5. The van der Waals surface area contributed by atoms with Crippen molar-refractivity contribution in [2.45, 2.75) is 160 Å². The monoisotopic (exact) mass is 1810 g/mol. The molecular formula is C92H109F2N23O7S4. The molecule has 36 heteroatoms. The molecule has 20 rings (SSSR count). The van der Waals surface area contributed by atoms with Crippen molar-refractivity contribution >= 4 is 156 Å². The number of nitrogen functional groups attached to an aromatic ring is 4. The Kier molecular flexibility index (Phi) is 26.5. The summed E-state index contributed by atoms with van der Waals surface area (Å²) < 4.78 is 45.2. The third-order valence-electron chi connectivity index (χ3n) is 25.0. The van der Waals surface area contributed by atoms with Crippen LogP contribution in [0.4, 0.5) is 54.7 Å². The maximum Gasteiger partial charge on any atom is 0.263 e. The van der Waals surface area contributed by atoms with Gasteiger partial charge in [-0.3, -0.25) is 19.2 Å². The van der Waals surface area contributed by atoms with Gasteiger partial charge < -0.3 is 100 Å². The number of piperazine rings is 2. The number of nitrogens with one attached hydrogen (secondary N) is 6. The largest absolute Gasteiger partial charge is 0.491 e. The van der Waals surface area contributed by atoms with Crippen molar-refractivity contribution < 1.29 is 42.2 Å². The first-order valence-electron chi connectivity index (χ1n) is 43.8. The number of methoxy groups -OCH3 is 1. The van der Waals surface area contributed by atoms with E-state index in [9.17, 15) is 28.0 Å². The van der Waals surface area contributed by atoms with Crippen LogP contribution in [0.2, 0.25) is 0 Å². The molecule has 4 amide bonds. The molecule has 128 heavy (non-hydrogen) atoms. The lowest BCUT2D eigenvalue weighted by molar-refractivity contribution is 0.0127. The van der Waals surface area contributed by atoms with Gasteiger partial charge >= 0.3 is 0 Å². The summed E-state index contributed by atoms with van der Waals surface area (Å²) in [6.07, 6.45) is 8.11. The number of thiophene rings is 4. The number of carbonyl (C=O) groups excluding carboxylic acids is 4. The Hall–Kier alpha value is -11.2. The molecule has 5 aliphatic heterocycles. The van der Waals surface area contributed by atoms with Gasteiger partial charge in [-0.1, -0.05) is 24.3 Å². The number of aromatic nitrogens is 7. The first-order chi connectivity index (χ1) is 61.7. The number of hydrogen-bond donors (Lipinski definition) is 12. The van der Waals surface area contributed by atoms with Crippen molar-refractivity contribution in [3.63, 3.8) is 0 Å². The first-order valence-corrected chi connectivity index (χ1v) is 47.0. The number of carbonyl (C=O) groups is 4. The van der Waals surface area contributed by atoms with Gasteiger partial charge in [0.2, 0.25) is 0 Å². The smallest absolute Gasteiger partial charge is 0.263 e. The van der Waals surface area contributed by atoms with Crippen LogP contribution < -0.4 is 90.6 Å². The first kappa shape index (κ1) is 88.8. The van der Waals surface area contributed by atoms with Crippen molar-refractivity contribution in [1.82, 2.24) is 66.8 Å². The number of aryl methyl sites for hydroxylation is 7. The highest BCUT2D eigenvalue weighted by atomic mass is 32.1. The van der Waals surface area contributed by atoms with E-state index in [1.54, 1.807) is 21.0 Å². The van der Waals surface area contributed by atoms with E-state index in [1.807, 2.05) is 58.0 Å². The van der Waals surface area contributed by atoms with Crippen molar-refractivity contribution in [3.05, 3.63) is 184 Å². The van der Waals surface area contributed by atoms with Gasteiger partial charge in [0.05, 0.1) is 70.6 Å². The van der Waals surface area contributed by atoms with E-state index in [0.29, 0.717) is 87.8 Å². The number of hydrogen-bond acceptors (Lipinski definition) is 30. The van der Waals surface area contributed by atoms with Crippen LogP contribution in [0, 0.1) is 39.3 Å². The van der Waals surface area contributed by atoms with Crippen LogP contribution in [-0.2, 0) is 54.4 Å². The van der Waals surface area contributed by atoms with Crippen LogP contribution in [0.1, 0.15) is 134 Å². The third kappa shape index (κ3) is 19.4. The molecule has 8 aliphatic rings. The van der Waals surface area contributed by atoms with Crippen LogP contribution in [-0.4, -0.2) is 205 Å². The number of benzene rings is 1.